The first-order valence-electron chi connectivity index (χ1n) is 8.01. The molecule has 3 amide bonds. The molecule has 0 saturated carbocycles. The lowest BCUT2D eigenvalue weighted by Gasteiger charge is -2.26. The van der Waals surface area contributed by atoms with Gasteiger partial charge in [0.25, 0.3) is 11.8 Å². The van der Waals surface area contributed by atoms with Gasteiger partial charge in [0, 0.05) is 10.8 Å². The third kappa shape index (κ3) is 3.03. The Balaban J connectivity index is 2.02. The van der Waals surface area contributed by atoms with Gasteiger partial charge in [-0.25, -0.2) is 0 Å². The molecule has 0 fully saturated rings. The molecular weight excluding hydrogens is 356 g/mol. The maximum Gasteiger partial charge on any atom is 0.262 e. The summed E-state index contributed by atoms with van der Waals surface area (Å²) in [5.74, 6) is -0.477. The van der Waals surface area contributed by atoms with Gasteiger partial charge in [0.1, 0.15) is 0 Å². The van der Waals surface area contributed by atoms with Crippen LogP contribution in [0.1, 0.15) is 45.7 Å². The lowest BCUT2D eigenvalue weighted by Crippen LogP contribution is -2.36. The van der Waals surface area contributed by atoms with Crippen LogP contribution in [0.3, 0.4) is 0 Å². The molecule has 7 nitrogen and oxygen atoms in total. The van der Waals surface area contributed by atoms with E-state index in [4.69, 9.17) is 15.2 Å². The number of methoxy groups -OCH3 is 1. The Morgan fingerprint density at radius 1 is 1.19 bits per heavy atom. The van der Waals surface area contributed by atoms with Crippen molar-refractivity contribution in [3.8, 4) is 11.5 Å². The molecule has 2 aromatic rings. The molecule has 136 valence electrons. The van der Waals surface area contributed by atoms with Crippen molar-refractivity contribution >= 4 is 29.1 Å². The molecule has 1 aliphatic rings. The van der Waals surface area contributed by atoms with Gasteiger partial charge in [-0.05, 0) is 24.6 Å². The van der Waals surface area contributed by atoms with E-state index in [9.17, 15) is 14.4 Å². The third-order valence-corrected chi connectivity index (χ3v) is 4.88. The van der Waals surface area contributed by atoms with Crippen molar-refractivity contribution in [3.05, 3.63) is 45.6 Å². The fourth-order valence-corrected chi connectivity index (χ4v) is 3.77. The summed E-state index contributed by atoms with van der Waals surface area (Å²) in [6.07, 6.45) is -0.178. The first-order chi connectivity index (χ1) is 12.5. The summed E-state index contributed by atoms with van der Waals surface area (Å²) in [5.41, 5.74) is 6.65. The van der Waals surface area contributed by atoms with E-state index in [1.807, 2.05) is 6.92 Å². The maximum absolute atomic E-state index is 12.7. The minimum atomic E-state index is -0.811. The zero-order valence-corrected chi connectivity index (χ0v) is 15.2. The van der Waals surface area contributed by atoms with Crippen LogP contribution >= 0.6 is 11.3 Å². The second-order valence-corrected chi connectivity index (χ2v) is 6.45. The van der Waals surface area contributed by atoms with E-state index in [-0.39, 0.29) is 6.42 Å². The molecular formula is C18H18N2O5S. The summed E-state index contributed by atoms with van der Waals surface area (Å²) in [6.45, 7) is 2.31. The number of benzene rings is 1. The molecule has 3 rings (SSSR count). The fourth-order valence-electron chi connectivity index (χ4n) is 2.98. The van der Waals surface area contributed by atoms with Gasteiger partial charge in [-0.2, -0.15) is 11.3 Å². The summed E-state index contributed by atoms with van der Waals surface area (Å²) in [7, 11) is 1.49. The highest BCUT2D eigenvalue weighted by Crippen LogP contribution is 2.38. The number of hydrogen-bond donors (Lipinski definition) is 1. The molecule has 1 aliphatic heterocycles. The Hall–Kier alpha value is -2.87. The molecule has 1 aromatic heterocycles. The molecule has 2 N–H and O–H groups in total. The van der Waals surface area contributed by atoms with E-state index in [2.05, 4.69) is 0 Å². The number of imide groups is 1. The second-order valence-electron chi connectivity index (χ2n) is 5.71. The van der Waals surface area contributed by atoms with Crippen LogP contribution in [-0.4, -0.2) is 36.3 Å². The summed E-state index contributed by atoms with van der Waals surface area (Å²) in [5, 5.41) is 3.27. The van der Waals surface area contributed by atoms with Crippen LogP contribution in [-0.2, 0) is 4.79 Å². The average molecular weight is 374 g/mol. The Labute approximate surface area is 154 Å². The van der Waals surface area contributed by atoms with Crippen molar-refractivity contribution < 1.29 is 23.9 Å². The number of rotatable bonds is 7. The topological polar surface area (TPSA) is 98.9 Å². The van der Waals surface area contributed by atoms with Crippen LogP contribution in [0.15, 0.2) is 29.0 Å². The van der Waals surface area contributed by atoms with E-state index in [1.165, 1.54) is 18.4 Å². The van der Waals surface area contributed by atoms with Crippen LogP contribution in [0.2, 0.25) is 0 Å². The zero-order valence-electron chi connectivity index (χ0n) is 14.4. The predicted molar refractivity (Wildman–Crippen MR) is 95.5 cm³/mol. The molecule has 0 radical (unpaired) electrons. The van der Waals surface area contributed by atoms with Gasteiger partial charge in [-0.15, -0.1) is 0 Å². The monoisotopic (exact) mass is 374 g/mol. The number of thiophene rings is 1. The Morgan fingerprint density at radius 2 is 1.85 bits per heavy atom. The smallest absolute Gasteiger partial charge is 0.262 e. The van der Waals surface area contributed by atoms with Gasteiger partial charge in [0.05, 0.1) is 37.3 Å². The SMILES string of the molecule is CCOc1ccc(C(CC(N)=O)N2C(=O)c3cscc3C2=O)cc1OC. The molecule has 0 saturated heterocycles. The minimum Gasteiger partial charge on any atom is -0.493 e. The van der Waals surface area contributed by atoms with E-state index in [0.717, 1.165) is 4.90 Å². The molecule has 8 heteroatoms. The standard InChI is InChI=1S/C18H18N2O5S/c1-3-25-14-5-4-10(6-15(14)24-2)13(7-16(19)21)20-17(22)11-8-26-9-12(11)18(20)23/h4-6,8-9,13H,3,7H2,1-2H3,(H2,19,21). The number of primary amides is 1. The maximum atomic E-state index is 12.7. The second kappa shape index (κ2) is 7.17. The van der Waals surface area contributed by atoms with Crippen molar-refractivity contribution in [3.63, 3.8) is 0 Å². The average Bonchev–Trinajstić information content (AvgIpc) is 3.18. The zero-order chi connectivity index (χ0) is 18.8. The van der Waals surface area contributed by atoms with E-state index in [1.54, 1.807) is 29.0 Å². The highest BCUT2D eigenvalue weighted by Gasteiger charge is 2.41. The highest BCUT2D eigenvalue weighted by atomic mass is 32.1. The highest BCUT2D eigenvalue weighted by molar-refractivity contribution is 7.08. The van der Waals surface area contributed by atoms with E-state index < -0.39 is 23.8 Å². The van der Waals surface area contributed by atoms with Crippen molar-refractivity contribution in [2.75, 3.05) is 13.7 Å². The van der Waals surface area contributed by atoms with Gasteiger partial charge in [0.2, 0.25) is 5.91 Å². The van der Waals surface area contributed by atoms with Gasteiger partial charge in [-0.3, -0.25) is 19.3 Å². The first kappa shape index (κ1) is 17.9. The van der Waals surface area contributed by atoms with Gasteiger partial charge in [-0.1, -0.05) is 6.07 Å². The number of hydrogen-bond acceptors (Lipinski definition) is 6. The normalized spacial score (nSPS) is 14.3. The van der Waals surface area contributed by atoms with Crippen LogP contribution in [0.25, 0.3) is 0 Å². The molecule has 2 heterocycles. The quantitative estimate of drug-likeness (QED) is 0.750. The number of carbonyl (C=O) groups excluding carboxylic acids is 3. The largest absolute Gasteiger partial charge is 0.493 e. The summed E-state index contributed by atoms with van der Waals surface area (Å²) >= 11 is 1.29. The van der Waals surface area contributed by atoms with Gasteiger partial charge in [0.15, 0.2) is 11.5 Å². The molecule has 1 atom stereocenters. The number of ether oxygens (including phenoxy) is 2. The van der Waals surface area contributed by atoms with Crippen LogP contribution < -0.4 is 15.2 Å². The summed E-state index contributed by atoms with van der Waals surface area (Å²) in [6, 6.07) is 4.23. The number of carbonyl (C=O) groups is 3. The number of nitrogens with zero attached hydrogens (tertiary/aromatic N) is 1. The lowest BCUT2D eigenvalue weighted by atomic mass is 10.0. The van der Waals surface area contributed by atoms with Crippen molar-refractivity contribution in [1.29, 1.82) is 0 Å². The summed E-state index contributed by atoms with van der Waals surface area (Å²) < 4.78 is 10.8. The number of nitrogens with two attached hydrogens (primary N) is 1. The predicted octanol–water partition coefficient (Wildman–Crippen LogP) is 2.37. The van der Waals surface area contributed by atoms with Crippen LogP contribution in [0.4, 0.5) is 0 Å². The van der Waals surface area contributed by atoms with Gasteiger partial charge < -0.3 is 15.2 Å². The number of amides is 3. The van der Waals surface area contributed by atoms with Crippen LogP contribution in [0, 0.1) is 0 Å². The minimum absolute atomic E-state index is 0.178. The molecule has 0 aliphatic carbocycles. The van der Waals surface area contributed by atoms with Crippen molar-refractivity contribution in [2.24, 2.45) is 5.73 Å². The molecule has 1 unspecified atom stereocenters. The molecule has 0 spiro atoms. The van der Waals surface area contributed by atoms with Crippen LogP contribution in [0.5, 0.6) is 11.5 Å². The molecule has 26 heavy (non-hydrogen) atoms. The third-order valence-electron chi connectivity index (χ3n) is 4.14. The van der Waals surface area contributed by atoms with E-state index >= 15 is 0 Å². The molecule has 1 aromatic carbocycles. The lowest BCUT2D eigenvalue weighted by molar-refractivity contribution is -0.118. The Bertz CT molecular complexity index is 846. The van der Waals surface area contributed by atoms with Crippen molar-refractivity contribution in [1.82, 2.24) is 4.90 Å². The summed E-state index contributed by atoms with van der Waals surface area (Å²) in [4.78, 5) is 38.1. The Morgan fingerprint density at radius 3 is 2.38 bits per heavy atom. The molecule has 0 bridgehead atoms. The van der Waals surface area contributed by atoms with E-state index in [0.29, 0.717) is 34.8 Å². The number of fused-ring (bicyclic) bond motifs is 1. The fraction of sp³-hybridized carbons (Fsp3) is 0.278. The Kier molecular flexibility index (Phi) is 4.94. The van der Waals surface area contributed by atoms with Gasteiger partial charge >= 0.3 is 0 Å². The van der Waals surface area contributed by atoms with Crippen molar-refractivity contribution in [2.45, 2.75) is 19.4 Å². The first-order valence-corrected chi connectivity index (χ1v) is 8.95.